The lowest BCUT2D eigenvalue weighted by molar-refractivity contribution is -0.141. The quantitative estimate of drug-likeness (QED) is 0.647. The molecule has 0 saturated heterocycles. The summed E-state index contributed by atoms with van der Waals surface area (Å²) < 4.78 is 4.39. The first-order valence-electron chi connectivity index (χ1n) is 4.56. The first kappa shape index (κ1) is 10.0. The third-order valence-corrected chi connectivity index (χ3v) is 2.36. The van der Waals surface area contributed by atoms with E-state index in [0.717, 1.165) is 12.8 Å². The van der Waals surface area contributed by atoms with Gasteiger partial charge in [-0.15, -0.1) is 0 Å². The van der Waals surface area contributed by atoms with E-state index >= 15 is 0 Å². The maximum atomic E-state index is 11.1. The molecule has 1 amide bonds. The fourth-order valence-corrected chi connectivity index (χ4v) is 1.27. The van der Waals surface area contributed by atoms with Crippen molar-refractivity contribution in [1.82, 2.24) is 5.32 Å². The van der Waals surface area contributed by atoms with Crippen molar-refractivity contribution in [3.8, 4) is 0 Å². The largest absolute Gasteiger partial charge is 0.468 e. The summed E-state index contributed by atoms with van der Waals surface area (Å²) in [5.74, 6) is 0.0923. The van der Waals surface area contributed by atoms with Crippen LogP contribution in [-0.2, 0) is 14.3 Å². The number of esters is 1. The summed E-state index contributed by atoms with van der Waals surface area (Å²) in [5, 5.41) is 2.52. The fraction of sp³-hybridized carbons (Fsp3) is 0.778. The van der Waals surface area contributed by atoms with Gasteiger partial charge in [0.25, 0.3) is 0 Å². The van der Waals surface area contributed by atoms with Crippen LogP contribution in [-0.4, -0.2) is 25.5 Å². The average molecular weight is 185 g/mol. The number of hydrogen-bond acceptors (Lipinski definition) is 3. The van der Waals surface area contributed by atoms with E-state index < -0.39 is 5.97 Å². The second-order valence-electron chi connectivity index (χ2n) is 3.35. The molecule has 13 heavy (non-hydrogen) atoms. The highest BCUT2D eigenvalue weighted by Crippen LogP contribution is 2.28. The van der Waals surface area contributed by atoms with Gasteiger partial charge in [-0.2, -0.15) is 0 Å². The summed E-state index contributed by atoms with van der Waals surface area (Å²) >= 11 is 0. The SMILES string of the molecule is COC(=O)CNC(=O)CC1CCC1. The number of amides is 1. The van der Waals surface area contributed by atoms with Gasteiger partial charge in [-0.05, 0) is 18.8 Å². The van der Waals surface area contributed by atoms with E-state index in [4.69, 9.17) is 0 Å². The molecule has 1 aliphatic rings. The molecule has 1 aliphatic carbocycles. The maximum absolute atomic E-state index is 11.1. The molecule has 0 aliphatic heterocycles. The van der Waals surface area contributed by atoms with Crippen molar-refractivity contribution in [3.63, 3.8) is 0 Å². The maximum Gasteiger partial charge on any atom is 0.325 e. The highest BCUT2D eigenvalue weighted by Gasteiger charge is 2.20. The van der Waals surface area contributed by atoms with Crippen molar-refractivity contribution >= 4 is 11.9 Å². The number of carbonyl (C=O) groups excluding carboxylic acids is 2. The summed E-state index contributed by atoms with van der Waals surface area (Å²) in [6, 6.07) is 0. The van der Waals surface area contributed by atoms with Crippen LogP contribution in [0.5, 0.6) is 0 Å². The van der Waals surface area contributed by atoms with Gasteiger partial charge in [0.1, 0.15) is 6.54 Å². The Bertz CT molecular complexity index is 199. The van der Waals surface area contributed by atoms with Crippen LogP contribution in [0.3, 0.4) is 0 Å². The predicted molar refractivity (Wildman–Crippen MR) is 47.0 cm³/mol. The number of rotatable bonds is 4. The standard InChI is InChI=1S/C9H15NO3/c1-13-9(12)6-10-8(11)5-7-3-2-4-7/h7H,2-6H2,1H3,(H,10,11). The Kier molecular flexibility index (Phi) is 3.73. The molecule has 0 radical (unpaired) electrons. The van der Waals surface area contributed by atoms with Crippen LogP contribution in [0.4, 0.5) is 0 Å². The second kappa shape index (κ2) is 4.84. The Hall–Kier alpha value is -1.06. The van der Waals surface area contributed by atoms with Crippen molar-refractivity contribution in [2.45, 2.75) is 25.7 Å². The van der Waals surface area contributed by atoms with Gasteiger partial charge >= 0.3 is 5.97 Å². The second-order valence-corrected chi connectivity index (χ2v) is 3.35. The highest BCUT2D eigenvalue weighted by molar-refractivity contribution is 5.81. The molecule has 0 aromatic carbocycles. The Morgan fingerprint density at radius 1 is 1.46 bits per heavy atom. The van der Waals surface area contributed by atoms with Gasteiger partial charge in [-0.25, -0.2) is 0 Å². The molecule has 1 saturated carbocycles. The van der Waals surface area contributed by atoms with Crippen molar-refractivity contribution in [3.05, 3.63) is 0 Å². The smallest absolute Gasteiger partial charge is 0.325 e. The van der Waals surface area contributed by atoms with Crippen LogP contribution in [0.2, 0.25) is 0 Å². The van der Waals surface area contributed by atoms with Crippen LogP contribution in [0, 0.1) is 5.92 Å². The molecule has 0 bridgehead atoms. The lowest BCUT2D eigenvalue weighted by Gasteiger charge is -2.24. The summed E-state index contributed by atoms with van der Waals surface area (Å²) in [7, 11) is 1.31. The van der Waals surface area contributed by atoms with E-state index in [-0.39, 0.29) is 12.5 Å². The van der Waals surface area contributed by atoms with E-state index in [0.29, 0.717) is 12.3 Å². The monoisotopic (exact) mass is 185 g/mol. The van der Waals surface area contributed by atoms with Gasteiger partial charge in [-0.3, -0.25) is 9.59 Å². The van der Waals surface area contributed by atoms with E-state index in [1.54, 1.807) is 0 Å². The van der Waals surface area contributed by atoms with Crippen molar-refractivity contribution in [2.75, 3.05) is 13.7 Å². The van der Waals surface area contributed by atoms with Gasteiger partial charge < -0.3 is 10.1 Å². The summed E-state index contributed by atoms with van der Waals surface area (Å²) in [4.78, 5) is 21.8. The molecule has 0 heterocycles. The van der Waals surface area contributed by atoms with Crippen molar-refractivity contribution in [1.29, 1.82) is 0 Å². The molecular weight excluding hydrogens is 170 g/mol. The normalized spacial score (nSPS) is 16.1. The zero-order valence-electron chi connectivity index (χ0n) is 7.84. The molecule has 0 atom stereocenters. The molecule has 4 nitrogen and oxygen atoms in total. The van der Waals surface area contributed by atoms with Crippen LogP contribution < -0.4 is 5.32 Å². The lowest BCUT2D eigenvalue weighted by atomic mass is 9.83. The summed E-state index contributed by atoms with van der Waals surface area (Å²) in [6.07, 6.45) is 4.07. The fourth-order valence-electron chi connectivity index (χ4n) is 1.27. The highest BCUT2D eigenvalue weighted by atomic mass is 16.5. The van der Waals surface area contributed by atoms with Gasteiger partial charge in [0.15, 0.2) is 0 Å². The zero-order valence-corrected chi connectivity index (χ0v) is 7.84. The first-order valence-corrected chi connectivity index (χ1v) is 4.56. The number of carbonyl (C=O) groups is 2. The van der Waals surface area contributed by atoms with Gasteiger partial charge in [-0.1, -0.05) is 6.42 Å². The zero-order chi connectivity index (χ0) is 9.68. The van der Waals surface area contributed by atoms with Gasteiger partial charge in [0.2, 0.25) is 5.91 Å². The van der Waals surface area contributed by atoms with E-state index in [1.807, 2.05) is 0 Å². The number of hydrogen-bond donors (Lipinski definition) is 1. The van der Waals surface area contributed by atoms with E-state index in [2.05, 4.69) is 10.1 Å². The Balaban J connectivity index is 2.06. The minimum Gasteiger partial charge on any atom is -0.468 e. The van der Waals surface area contributed by atoms with E-state index in [9.17, 15) is 9.59 Å². The Morgan fingerprint density at radius 2 is 2.15 bits per heavy atom. The van der Waals surface area contributed by atoms with Gasteiger partial charge in [0.05, 0.1) is 7.11 Å². The van der Waals surface area contributed by atoms with E-state index in [1.165, 1.54) is 13.5 Å². The minimum atomic E-state index is -0.401. The van der Waals surface area contributed by atoms with Crippen molar-refractivity contribution in [2.24, 2.45) is 5.92 Å². The van der Waals surface area contributed by atoms with Gasteiger partial charge in [0, 0.05) is 6.42 Å². The molecule has 4 heteroatoms. The summed E-state index contributed by atoms with van der Waals surface area (Å²) in [6.45, 7) is -0.0119. The predicted octanol–water partition coefficient (Wildman–Crippen LogP) is 0.466. The first-order chi connectivity index (χ1) is 6.22. The molecule has 74 valence electrons. The van der Waals surface area contributed by atoms with Crippen LogP contribution in [0.25, 0.3) is 0 Å². The molecule has 0 aromatic rings. The Labute approximate surface area is 77.6 Å². The Morgan fingerprint density at radius 3 is 2.62 bits per heavy atom. The van der Waals surface area contributed by atoms with Crippen LogP contribution in [0.15, 0.2) is 0 Å². The lowest BCUT2D eigenvalue weighted by Crippen LogP contribution is -2.32. The molecule has 0 spiro atoms. The average Bonchev–Trinajstić information content (AvgIpc) is 2.07. The third kappa shape index (κ3) is 3.44. The molecular formula is C9H15NO3. The molecule has 1 fully saturated rings. The summed E-state index contributed by atoms with van der Waals surface area (Å²) in [5.41, 5.74) is 0. The third-order valence-electron chi connectivity index (χ3n) is 2.36. The minimum absolute atomic E-state index is 0.0119. The van der Waals surface area contributed by atoms with Crippen LogP contribution in [0.1, 0.15) is 25.7 Å². The van der Waals surface area contributed by atoms with Crippen LogP contribution >= 0.6 is 0 Å². The molecule has 1 rings (SSSR count). The van der Waals surface area contributed by atoms with Crippen molar-refractivity contribution < 1.29 is 14.3 Å². The number of ether oxygens (including phenoxy) is 1. The topological polar surface area (TPSA) is 55.4 Å². The number of methoxy groups -OCH3 is 1. The molecule has 1 N–H and O–H groups in total. The molecule has 0 unspecified atom stereocenters. The molecule has 0 aromatic heterocycles. The number of nitrogens with one attached hydrogen (secondary N) is 1.